The quantitative estimate of drug-likeness (QED) is 0.574. The first-order valence-electron chi connectivity index (χ1n) is 5.43. The SMILES string of the molecule is Nc1cc2c(ccc3[nH]c(NCCO)cc32)s1. The van der Waals surface area contributed by atoms with Crippen molar-refractivity contribution < 1.29 is 5.11 Å². The maximum atomic E-state index is 8.79. The lowest BCUT2D eigenvalue weighted by Crippen LogP contribution is -2.05. The predicted octanol–water partition coefficient (Wildman–Crippen LogP) is 2.37. The predicted molar refractivity (Wildman–Crippen MR) is 73.7 cm³/mol. The highest BCUT2D eigenvalue weighted by Gasteiger charge is 2.07. The van der Waals surface area contributed by atoms with Gasteiger partial charge in [-0.1, -0.05) is 0 Å². The van der Waals surface area contributed by atoms with Crippen molar-refractivity contribution in [2.45, 2.75) is 0 Å². The molecule has 0 amide bonds. The normalized spacial score (nSPS) is 11.4. The first-order chi connectivity index (χ1) is 8.28. The second kappa shape index (κ2) is 3.94. The van der Waals surface area contributed by atoms with E-state index in [-0.39, 0.29) is 6.61 Å². The van der Waals surface area contributed by atoms with Crippen molar-refractivity contribution in [3.8, 4) is 0 Å². The van der Waals surface area contributed by atoms with Crippen LogP contribution in [0.4, 0.5) is 10.8 Å². The zero-order valence-corrected chi connectivity index (χ0v) is 9.97. The summed E-state index contributed by atoms with van der Waals surface area (Å²) >= 11 is 1.60. The van der Waals surface area contributed by atoms with E-state index in [1.165, 1.54) is 10.1 Å². The number of fused-ring (bicyclic) bond motifs is 3. The van der Waals surface area contributed by atoms with E-state index >= 15 is 0 Å². The average molecular weight is 247 g/mol. The second-order valence-electron chi connectivity index (χ2n) is 3.92. The smallest absolute Gasteiger partial charge is 0.104 e. The van der Waals surface area contributed by atoms with Gasteiger partial charge in [0, 0.05) is 27.5 Å². The first kappa shape index (κ1) is 10.4. The lowest BCUT2D eigenvalue weighted by molar-refractivity contribution is 0.311. The molecule has 3 aromatic rings. The van der Waals surface area contributed by atoms with E-state index in [0.29, 0.717) is 6.54 Å². The Morgan fingerprint density at radius 1 is 1.29 bits per heavy atom. The summed E-state index contributed by atoms with van der Waals surface area (Å²) in [7, 11) is 0. The average Bonchev–Trinajstić information content (AvgIpc) is 2.87. The van der Waals surface area contributed by atoms with Gasteiger partial charge in [-0.2, -0.15) is 0 Å². The number of H-pyrrole nitrogens is 1. The number of nitrogen functional groups attached to an aromatic ring is 1. The van der Waals surface area contributed by atoms with E-state index in [0.717, 1.165) is 21.7 Å². The minimum atomic E-state index is 0.121. The van der Waals surface area contributed by atoms with Crippen molar-refractivity contribution in [1.82, 2.24) is 4.98 Å². The van der Waals surface area contributed by atoms with E-state index in [1.807, 2.05) is 6.07 Å². The number of hydrogen-bond acceptors (Lipinski definition) is 4. The molecule has 5 N–H and O–H groups in total. The zero-order valence-electron chi connectivity index (χ0n) is 9.16. The number of hydrogen-bond donors (Lipinski definition) is 4. The standard InChI is InChI=1S/C12H13N3OS/c13-11-5-8-7-6-12(14-3-4-16)15-9(7)1-2-10(8)17-11/h1-2,5-6,14-16H,3-4,13H2. The molecule has 4 nitrogen and oxygen atoms in total. The van der Waals surface area contributed by atoms with Gasteiger partial charge in [-0.3, -0.25) is 0 Å². The molecule has 17 heavy (non-hydrogen) atoms. The Balaban J connectivity index is 2.16. The number of rotatable bonds is 3. The maximum Gasteiger partial charge on any atom is 0.104 e. The lowest BCUT2D eigenvalue weighted by Gasteiger charge is -1.98. The number of aromatic amines is 1. The van der Waals surface area contributed by atoms with E-state index in [9.17, 15) is 0 Å². The van der Waals surface area contributed by atoms with Crippen molar-refractivity contribution in [1.29, 1.82) is 0 Å². The molecule has 0 aliphatic carbocycles. The molecular formula is C12H13N3OS. The largest absolute Gasteiger partial charge is 0.395 e. The highest BCUT2D eigenvalue weighted by atomic mass is 32.1. The molecule has 2 heterocycles. The summed E-state index contributed by atoms with van der Waals surface area (Å²) in [6.07, 6.45) is 0. The third-order valence-corrected chi connectivity index (χ3v) is 3.68. The van der Waals surface area contributed by atoms with Crippen LogP contribution < -0.4 is 11.1 Å². The Bertz CT molecular complexity index is 671. The van der Waals surface area contributed by atoms with E-state index < -0.39 is 0 Å². The lowest BCUT2D eigenvalue weighted by atomic mass is 10.2. The number of benzene rings is 1. The van der Waals surface area contributed by atoms with Crippen LogP contribution >= 0.6 is 11.3 Å². The van der Waals surface area contributed by atoms with Crippen molar-refractivity contribution in [3.05, 3.63) is 24.3 Å². The van der Waals surface area contributed by atoms with Crippen molar-refractivity contribution >= 4 is 43.1 Å². The molecule has 0 unspecified atom stereocenters. The number of nitrogens with two attached hydrogens (primary N) is 1. The summed E-state index contributed by atoms with van der Waals surface area (Å²) in [5.74, 6) is 0.923. The summed E-state index contributed by atoms with van der Waals surface area (Å²) in [5, 5.41) is 15.1. The molecule has 0 aliphatic rings. The van der Waals surface area contributed by atoms with Gasteiger partial charge >= 0.3 is 0 Å². The molecule has 2 aromatic heterocycles. The van der Waals surface area contributed by atoms with Crippen LogP contribution in [0, 0.1) is 0 Å². The van der Waals surface area contributed by atoms with Crippen molar-refractivity contribution in [2.75, 3.05) is 24.2 Å². The third kappa shape index (κ3) is 1.73. The number of nitrogens with one attached hydrogen (secondary N) is 2. The Morgan fingerprint density at radius 2 is 2.18 bits per heavy atom. The molecule has 1 aromatic carbocycles. The molecule has 0 spiro atoms. The molecule has 0 aliphatic heterocycles. The van der Waals surface area contributed by atoms with Crippen LogP contribution in [0.15, 0.2) is 24.3 Å². The molecule has 0 atom stereocenters. The van der Waals surface area contributed by atoms with Gasteiger partial charge in [0.1, 0.15) is 5.82 Å². The monoisotopic (exact) mass is 247 g/mol. The zero-order chi connectivity index (χ0) is 11.8. The van der Waals surface area contributed by atoms with Gasteiger partial charge in [0.25, 0.3) is 0 Å². The summed E-state index contributed by atoms with van der Waals surface area (Å²) in [5.41, 5.74) is 6.91. The third-order valence-electron chi connectivity index (χ3n) is 2.75. The fraction of sp³-hybridized carbons (Fsp3) is 0.167. The fourth-order valence-corrected chi connectivity index (χ4v) is 2.87. The topological polar surface area (TPSA) is 74.1 Å². The van der Waals surface area contributed by atoms with Crippen LogP contribution in [0.25, 0.3) is 21.0 Å². The highest BCUT2D eigenvalue weighted by molar-refractivity contribution is 7.22. The summed E-state index contributed by atoms with van der Waals surface area (Å²) in [6.45, 7) is 0.665. The number of anilines is 2. The van der Waals surface area contributed by atoms with Crippen LogP contribution in [-0.2, 0) is 0 Å². The van der Waals surface area contributed by atoms with Crippen molar-refractivity contribution in [3.63, 3.8) is 0 Å². The van der Waals surface area contributed by atoms with Gasteiger partial charge in [0.2, 0.25) is 0 Å². The molecule has 0 saturated carbocycles. The summed E-state index contributed by atoms with van der Waals surface area (Å²) < 4.78 is 1.20. The Labute approximate surface area is 102 Å². The molecular weight excluding hydrogens is 234 g/mol. The number of aromatic nitrogens is 1. The summed E-state index contributed by atoms with van der Waals surface area (Å²) in [4.78, 5) is 3.27. The molecule has 0 radical (unpaired) electrons. The molecule has 5 heteroatoms. The fourth-order valence-electron chi connectivity index (χ4n) is 2.03. The molecule has 0 bridgehead atoms. The molecule has 0 saturated heterocycles. The molecule has 0 fully saturated rings. The van der Waals surface area contributed by atoms with Crippen molar-refractivity contribution in [2.24, 2.45) is 0 Å². The van der Waals surface area contributed by atoms with Crippen LogP contribution in [0.5, 0.6) is 0 Å². The number of aliphatic hydroxyl groups is 1. The summed E-state index contributed by atoms with van der Waals surface area (Å²) in [6, 6.07) is 8.19. The number of aliphatic hydroxyl groups excluding tert-OH is 1. The molecule has 3 rings (SSSR count). The maximum absolute atomic E-state index is 8.79. The van der Waals surface area contributed by atoms with Crippen LogP contribution in [0.1, 0.15) is 0 Å². The van der Waals surface area contributed by atoms with Gasteiger partial charge in [-0.05, 0) is 24.3 Å². The van der Waals surface area contributed by atoms with E-state index in [1.54, 1.807) is 11.3 Å². The highest BCUT2D eigenvalue weighted by Crippen LogP contribution is 2.34. The van der Waals surface area contributed by atoms with Gasteiger partial charge in [0.15, 0.2) is 0 Å². The van der Waals surface area contributed by atoms with E-state index in [2.05, 4.69) is 28.5 Å². The Morgan fingerprint density at radius 3 is 3.00 bits per heavy atom. The van der Waals surface area contributed by atoms with Crippen LogP contribution in [0.3, 0.4) is 0 Å². The minimum Gasteiger partial charge on any atom is -0.395 e. The first-order valence-corrected chi connectivity index (χ1v) is 6.25. The number of thiophene rings is 1. The van der Waals surface area contributed by atoms with Gasteiger partial charge in [-0.15, -0.1) is 11.3 Å². The van der Waals surface area contributed by atoms with Gasteiger partial charge in [0.05, 0.1) is 11.6 Å². The van der Waals surface area contributed by atoms with Gasteiger partial charge < -0.3 is 21.1 Å². The van der Waals surface area contributed by atoms with E-state index in [4.69, 9.17) is 10.8 Å². The Hall–Kier alpha value is -1.72. The molecule has 88 valence electrons. The second-order valence-corrected chi connectivity index (χ2v) is 5.04. The van der Waals surface area contributed by atoms with Crippen LogP contribution in [0.2, 0.25) is 0 Å². The minimum absolute atomic E-state index is 0.121. The Kier molecular flexibility index (Phi) is 2.42. The van der Waals surface area contributed by atoms with Crippen LogP contribution in [-0.4, -0.2) is 23.2 Å². The van der Waals surface area contributed by atoms with Gasteiger partial charge in [-0.25, -0.2) is 0 Å².